The Kier molecular flexibility index (Phi) is 6.25. The van der Waals surface area contributed by atoms with E-state index >= 15 is 0 Å². The molecule has 1 aliphatic heterocycles. The monoisotopic (exact) mass is 471 g/mol. The zero-order valence-electron chi connectivity index (χ0n) is 19.5. The number of fused-ring (bicyclic) bond motifs is 1. The van der Waals surface area contributed by atoms with Crippen LogP contribution in [0.3, 0.4) is 0 Å². The van der Waals surface area contributed by atoms with Crippen molar-refractivity contribution in [2.24, 2.45) is 0 Å². The lowest BCUT2D eigenvalue weighted by atomic mass is 9.96. The van der Waals surface area contributed by atoms with Gasteiger partial charge in [-0.15, -0.1) is 10.2 Å². The fourth-order valence-corrected chi connectivity index (χ4v) is 3.96. The summed E-state index contributed by atoms with van der Waals surface area (Å²) in [5, 5.41) is 14.5. The molecule has 0 radical (unpaired) electrons. The third-order valence-corrected chi connectivity index (χ3v) is 5.83. The van der Waals surface area contributed by atoms with Crippen LogP contribution in [-0.2, 0) is 24.4 Å². The molecular weight excluding hydrogens is 446 g/mol. The van der Waals surface area contributed by atoms with Crippen LogP contribution in [0.5, 0.6) is 5.75 Å². The molecule has 4 heterocycles. The van der Waals surface area contributed by atoms with Gasteiger partial charge in [-0.2, -0.15) is 10.2 Å². The van der Waals surface area contributed by atoms with Crippen LogP contribution in [-0.4, -0.2) is 47.5 Å². The summed E-state index contributed by atoms with van der Waals surface area (Å²) in [6.45, 7) is 5.11. The Labute approximate surface area is 201 Å². The van der Waals surface area contributed by atoms with Crippen molar-refractivity contribution in [2.45, 2.75) is 33.4 Å². The molecule has 3 aromatic heterocycles. The van der Waals surface area contributed by atoms with E-state index in [0.29, 0.717) is 42.1 Å². The summed E-state index contributed by atoms with van der Waals surface area (Å²) < 4.78 is 13.8. The number of oxazole rings is 1. The average molecular weight is 472 g/mol. The highest BCUT2D eigenvalue weighted by atomic mass is 16.5. The van der Waals surface area contributed by atoms with E-state index in [2.05, 4.69) is 25.6 Å². The van der Waals surface area contributed by atoms with Crippen LogP contribution in [0.25, 0.3) is 17.4 Å². The molecule has 0 bridgehead atoms. The molecule has 178 valence electrons. The molecule has 0 fully saturated rings. The minimum atomic E-state index is -0.0192. The number of amides is 1. The number of aromatic nitrogens is 6. The Morgan fingerprint density at radius 1 is 1.23 bits per heavy atom. The molecule has 0 saturated carbocycles. The topological polar surface area (TPSA) is 115 Å². The van der Waals surface area contributed by atoms with Gasteiger partial charge >= 0.3 is 6.01 Å². The fourth-order valence-electron chi connectivity index (χ4n) is 3.96. The molecule has 0 atom stereocenters. The number of aryl methyl sites for hydroxylation is 1. The van der Waals surface area contributed by atoms with Crippen LogP contribution < -0.4 is 4.74 Å². The molecule has 10 nitrogen and oxygen atoms in total. The predicted molar refractivity (Wildman–Crippen MR) is 128 cm³/mol. The maximum atomic E-state index is 12.6. The molecular formula is C25H25N7O3. The molecule has 35 heavy (non-hydrogen) atoms. The Morgan fingerprint density at radius 2 is 2.09 bits per heavy atom. The zero-order chi connectivity index (χ0) is 24.2. The van der Waals surface area contributed by atoms with Crippen LogP contribution in [0.1, 0.15) is 29.5 Å². The third kappa shape index (κ3) is 4.77. The highest BCUT2D eigenvalue weighted by Crippen LogP contribution is 2.34. The van der Waals surface area contributed by atoms with Gasteiger partial charge in [0.25, 0.3) is 0 Å². The SMILES string of the molecule is C/C=C/C=C/C(=O)N1CCc2cc(-c3nn[nH]n3)c(OCc3nc(-n4cccc4)oc3C)cc2C1. The minimum Gasteiger partial charge on any atom is -0.486 e. The molecule has 1 aromatic carbocycles. The maximum absolute atomic E-state index is 12.6. The lowest BCUT2D eigenvalue weighted by molar-refractivity contribution is -0.126. The van der Waals surface area contributed by atoms with E-state index in [-0.39, 0.29) is 12.5 Å². The van der Waals surface area contributed by atoms with E-state index in [9.17, 15) is 4.79 Å². The van der Waals surface area contributed by atoms with Gasteiger partial charge in [-0.05, 0) is 60.9 Å². The molecule has 10 heteroatoms. The molecule has 1 aliphatic rings. The van der Waals surface area contributed by atoms with Crippen molar-refractivity contribution in [1.29, 1.82) is 0 Å². The van der Waals surface area contributed by atoms with E-state index in [0.717, 1.165) is 23.1 Å². The summed E-state index contributed by atoms with van der Waals surface area (Å²) in [5.74, 6) is 1.70. The molecule has 4 aromatic rings. The van der Waals surface area contributed by atoms with Crippen LogP contribution in [0.2, 0.25) is 0 Å². The van der Waals surface area contributed by atoms with E-state index < -0.39 is 0 Å². The normalized spacial score (nSPS) is 13.6. The van der Waals surface area contributed by atoms with Gasteiger partial charge in [0.1, 0.15) is 23.8 Å². The van der Waals surface area contributed by atoms with Crippen molar-refractivity contribution in [3.63, 3.8) is 0 Å². The second-order valence-corrected chi connectivity index (χ2v) is 8.13. The number of tetrazole rings is 1. The van der Waals surface area contributed by atoms with Gasteiger partial charge in [-0.1, -0.05) is 18.2 Å². The van der Waals surface area contributed by atoms with Gasteiger partial charge in [-0.25, -0.2) is 0 Å². The summed E-state index contributed by atoms with van der Waals surface area (Å²) in [4.78, 5) is 19.0. The first-order valence-corrected chi connectivity index (χ1v) is 11.3. The number of aromatic amines is 1. The zero-order valence-corrected chi connectivity index (χ0v) is 19.5. The van der Waals surface area contributed by atoms with Gasteiger partial charge in [-0.3, -0.25) is 9.36 Å². The van der Waals surface area contributed by atoms with E-state index in [1.807, 2.05) is 67.6 Å². The van der Waals surface area contributed by atoms with E-state index in [4.69, 9.17) is 9.15 Å². The summed E-state index contributed by atoms with van der Waals surface area (Å²) in [5.41, 5.74) is 3.58. The number of nitrogens with one attached hydrogen (secondary N) is 1. The Balaban J connectivity index is 1.41. The van der Waals surface area contributed by atoms with Crippen molar-refractivity contribution in [3.8, 4) is 23.2 Å². The van der Waals surface area contributed by atoms with Crippen molar-refractivity contribution in [1.82, 2.24) is 35.1 Å². The summed E-state index contributed by atoms with van der Waals surface area (Å²) in [6.07, 6.45) is 11.5. The molecule has 0 saturated heterocycles. The first-order chi connectivity index (χ1) is 17.1. The van der Waals surface area contributed by atoms with Crippen molar-refractivity contribution in [3.05, 3.63) is 83.5 Å². The number of H-pyrrole nitrogens is 1. The molecule has 0 spiro atoms. The van der Waals surface area contributed by atoms with E-state index in [1.54, 1.807) is 16.7 Å². The molecule has 1 N–H and O–H groups in total. The highest BCUT2D eigenvalue weighted by Gasteiger charge is 2.23. The second-order valence-electron chi connectivity index (χ2n) is 8.13. The van der Waals surface area contributed by atoms with Gasteiger partial charge in [0.2, 0.25) is 11.7 Å². The van der Waals surface area contributed by atoms with Crippen molar-refractivity contribution >= 4 is 5.91 Å². The number of hydrogen-bond donors (Lipinski definition) is 1. The second kappa shape index (κ2) is 9.80. The van der Waals surface area contributed by atoms with Crippen LogP contribution >= 0.6 is 0 Å². The molecule has 0 aliphatic carbocycles. The largest absolute Gasteiger partial charge is 0.486 e. The first kappa shape index (κ1) is 22.3. The predicted octanol–water partition coefficient (Wildman–Crippen LogP) is 3.55. The smallest absolute Gasteiger partial charge is 0.306 e. The molecule has 0 unspecified atom stereocenters. The van der Waals surface area contributed by atoms with Crippen LogP contribution in [0, 0.1) is 6.92 Å². The minimum absolute atomic E-state index is 0.0192. The van der Waals surface area contributed by atoms with Crippen LogP contribution in [0.15, 0.2) is 65.4 Å². The van der Waals surface area contributed by atoms with Gasteiger partial charge < -0.3 is 14.1 Å². The number of hydrogen-bond acceptors (Lipinski definition) is 7. The highest BCUT2D eigenvalue weighted by molar-refractivity contribution is 5.88. The third-order valence-electron chi connectivity index (χ3n) is 5.83. The summed E-state index contributed by atoms with van der Waals surface area (Å²) in [6, 6.07) is 8.27. The van der Waals surface area contributed by atoms with E-state index in [1.165, 1.54) is 0 Å². The quantitative estimate of drug-likeness (QED) is 0.324. The Hall–Kier alpha value is -4.47. The number of rotatable bonds is 7. The lowest BCUT2D eigenvalue weighted by Gasteiger charge is -2.29. The van der Waals surface area contributed by atoms with Crippen molar-refractivity contribution < 1.29 is 13.9 Å². The number of benzene rings is 1. The number of allylic oxidation sites excluding steroid dienone is 3. The Bertz CT molecular complexity index is 1370. The van der Waals surface area contributed by atoms with Crippen LogP contribution in [0.4, 0.5) is 0 Å². The van der Waals surface area contributed by atoms with Gasteiger partial charge in [0, 0.05) is 31.6 Å². The maximum Gasteiger partial charge on any atom is 0.306 e. The number of carbonyl (C=O) groups is 1. The fraction of sp³-hybridized carbons (Fsp3) is 0.240. The lowest BCUT2D eigenvalue weighted by Crippen LogP contribution is -2.34. The first-order valence-electron chi connectivity index (χ1n) is 11.3. The molecule has 5 rings (SSSR count). The van der Waals surface area contributed by atoms with Gasteiger partial charge in [0.15, 0.2) is 0 Å². The average Bonchev–Trinajstić information content (AvgIpc) is 3.64. The molecule has 1 amide bonds. The summed E-state index contributed by atoms with van der Waals surface area (Å²) in [7, 11) is 0. The number of nitrogens with zero attached hydrogens (tertiary/aromatic N) is 6. The Morgan fingerprint density at radius 3 is 2.86 bits per heavy atom. The number of ether oxygens (including phenoxy) is 1. The summed E-state index contributed by atoms with van der Waals surface area (Å²) >= 11 is 0. The van der Waals surface area contributed by atoms with Gasteiger partial charge in [0.05, 0.1) is 5.56 Å². The van der Waals surface area contributed by atoms with Crippen molar-refractivity contribution in [2.75, 3.05) is 6.54 Å². The standard InChI is InChI=1S/C25H25N7O3/c1-3-4-5-8-23(33)32-12-9-18-13-20(24-27-29-30-28-24)22(14-19(18)15-32)34-16-21-17(2)35-25(26-21)31-10-6-7-11-31/h3-8,10-11,13-14H,9,12,15-16H2,1-2H3,(H,27,28,29,30)/b4-3+,8-5+. The number of carbonyl (C=O) groups excluding carboxylic acids is 1.